The summed E-state index contributed by atoms with van der Waals surface area (Å²) in [6, 6.07) is 20.2. The number of aromatic nitrogens is 1. The van der Waals surface area contributed by atoms with E-state index < -0.39 is 0 Å². The summed E-state index contributed by atoms with van der Waals surface area (Å²) in [4.78, 5) is 6.33. The van der Waals surface area contributed by atoms with Gasteiger partial charge in [0.2, 0.25) is 0 Å². The fourth-order valence-corrected chi connectivity index (χ4v) is 7.43. The number of hydrogen-bond donors (Lipinski definition) is 0. The summed E-state index contributed by atoms with van der Waals surface area (Å²) >= 11 is 3.80. The summed E-state index contributed by atoms with van der Waals surface area (Å²) in [5.74, 6) is 0. The van der Waals surface area contributed by atoms with Crippen molar-refractivity contribution in [3.63, 3.8) is 0 Å². The molecule has 1 nitrogen and oxygen atoms in total. The second kappa shape index (κ2) is 6.87. The van der Waals surface area contributed by atoms with E-state index in [2.05, 4.69) is 89.2 Å². The minimum Gasteiger partial charge on any atom is -0.255 e. The summed E-state index contributed by atoms with van der Waals surface area (Å²) < 4.78 is 4.06. The SMILES string of the molecule is Cc1sc2ccc3c4ccnc(-c5cc(C(C)(C)C)c6ccccc6c5)c4sc3c2c1C. The molecule has 0 aliphatic rings. The molecule has 0 amide bonds. The van der Waals surface area contributed by atoms with E-state index in [0.29, 0.717) is 0 Å². The van der Waals surface area contributed by atoms with Crippen molar-refractivity contribution < 1.29 is 0 Å². The van der Waals surface area contributed by atoms with Crippen molar-refractivity contribution in [3.8, 4) is 11.3 Å². The smallest absolute Gasteiger partial charge is 0.0880 e. The van der Waals surface area contributed by atoms with Crippen LogP contribution in [-0.4, -0.2) is 4.98 Å². The highest BCUT2D eigenvalue weighted by atomic mass is 32.1. The van der Waals surface area contributed by atoms with Crippen molar-refractivity contribution in [3.05, 3.63) is 76.8 Å². The van der Waals surface area contributed by atoms with Gasteiger partial charge < -0.3 is 0 Å². The molecular formula is C29H25NS2. The Morgan fingerprint density at radius 2 is 1.56 bits per heavy atom. The number of fused-ring (bicyclic) bond motifs is 6. The number of rotatable bonds is 1. The average Bonchev–Trinajstić information content (AvgIpc) is 3.29. The molecule has 0 spiro atoms. The second-order valence-corrected chi connectivity index (χ2v) is 12.0. The lowest BCUT2D eigenvalue weighted by molar-refractivity contribution is 0.596. The van der Waals surface area contributed by atoms with E-state index in [-0.39, 0.29) is 5.41 Å². The first-order valence-corrected chi connectivity index (χ1v) is 12.7. The molecule has 3 aromatic carbocycles. The molecule has 158 valence electrons. The van der Waals surface area contributed by atoms with Gasteiger partial charge in [-0.2, -0.15) is 0 Å². The Kier molecular flexibility index (Phi) is 4.27. The van der Waals surface area contributed by atoms with Crippen LogP contribution in [0.25, 0.3) is 52.3 Å². The van der Waals surface area contributed by atoms with E-state index in [1.807, 2.05) is 28.9 Å². The molecule has 0 fully saturated rings. The maximum absolute atomic E-state index is 4.92. The van der Waals surface area contributed by atoms with Gasteiger partial charge >= 0.3 is 0 Å². The molecule has 6 rings (SSSR count). The third-order valence-corrected chi connectivity index (χ3v) is 9.05. The zero-order valence-corrected chi connectivity index (χ0v) is 20.7. The fraction of sp³-hybridized carbons (Fsp3) is 0.207. The molecule has 6 aromatic rings. The summed E-state index contributed by atoms with van der Waals surface area (Å²) in [5, 5.41) is 6.69. The Morgan fingerprint density at radius 1 is 0.781 bits per heavy atom. The first-order chi connectivity index (χ1) is 15.3. The zero-order valence-electron chi connectivity index (χ0n) is 19.0. The van der Waals surface area contributed by atoms with Crippen molar-refractivity contribution in [2.24, 2.45) is 0 Å². The van der Waals surface area contributed by atoms with Gasteiger partial charge in [0.1, 0.15) is 0 Å². The predicted octanol–water partition coefficient (Wildman–Crippen LogP) is 9.40. The van der Waals surface area contributed by atoms with E-state index in [1.54, 1.807) is 0 Å². The molecule has 0 saturated heterocycles. The van der Waals surface area contributed by atoms with Crippen molar-refractivity contribution in [1.29, 1.82) is 0 Å². The maximum atomic E-state index is 4.92. The van der Waals surface area contributed by atoms with E-state index in [1.165, 1.54) is 62.6 Å². The van der Waals surface area contributed by atoms with Crippen LogP contribution in [0.3, 0.4) is 0 Å². The highest BCUT2D eigenvalue weighted by Crippen LogP contribution is 2.45. The van der Waals surface area contributed by atoms with Crippen LogP contribution in [0.1, 0.15) is 36.8 Å². The van der Waals surface area contributed by atoms with Crippen LogP contribution in [0.15, 0.2) is 60.8 Å². The lowest BCUT2D eigenvalue weighted by Crippen LogP contribution is -2.12. The molecule has 3 heterocycles. The second-order valence-electron chi connectivity index (χ2n) is 9.73. The number of nitrogens with zero attached hydrogens (tertiary/aromatic N) is 1. The van der Waals surface area contributed by atoms with Crippen LogP contribution in [-0.2, 0) is 5.41 Å². The van der Waals surface area contributed by atoms with Gasteiger partial charge in [-0.15, -0.1) is 22.7 Å². The molecule has 0 N–H and O–H groups in total. The molecular weight excluding hydrogens is 426 g/mol. The van der Waals surface area contributed by atoms with Gasteiger partial charge in [0.25, 0.3) is 0 Å². The van der Waals surface area contributed by atoms with Crippen molar-refractivity contribution in [2.45, 2.75) is 40.0 Å². The van der Waals surface area contributed by atoms with Crippen molar-refractivity contribution in [2.75, 3.05) is 0 Å². The van der Waals surface area contributed by atoms with Crippen molar-refractivity contribution in [1.82, 2.24) is 4.98 Å². The van der Waals surface area contributed by atoms with Crippen LogP contribution in [0, 0.1) is 13.8 Å². The summed E-state index contributed by atoms with van der Waals surface area (Å²) in [6.45, 7) is 11.4. The average molecular weight is 452 g/mol. The standard InChI is InChI=1S/C29H25NS2/c1-16-17(2)31-24-11-10-21-22-12-13-30-26(28(22)32-27(21)25(16)24)19-14-18-8-6-7-9-20(18)23(15-19)29(3,4)5/h6-15H,1-5H3. The van der Waals surface area contributed by atoms with Crippen LogP contribution in [0.5, 0.6) is 0 Å². The van der Waals surface area contributed by atoms with Gasteiger partial charge in [-0.05, 0) is 65.4 Å². The minimum atomic E-state index is 0.0567. The minimum absolute atomic E-state index is 0.0567. The number of pyridine rings is 1. The Balaban J connectivity index is 1.71. The van der Waals surface area contributed by atoms with Crippen LogP contribution < -0.4 is 0 Å². The zero-order chi connectivity index (χ0) is 22.2. The number of aryl methyl sites for hydroxylation is 2. The molecule has 3 aromatic heterocycles. The first kappa shape index (κ1) is 19.9. The Labute approximate surface area is 196 Å². The lowest BCUT2D eigenvalue weighted by atomic mass is 9.82. The molecule has 0 aliphatic heterocycles. The third-order valence-electron chi connectivity index (χ3n) is 6.63. The van der Waals surface area contributed by atoms with Crippen LogP contribution in [0.4, 0.5) is 0 Å². The fourth-order valence-electron chi connectivity index (χ4n) is 4.88. The highest BCUT2D eigenvalue weighted by molar-refractivity contribution is 7.28. The summed E-state index contributed by atoms with van der Waals surface area (Å²) in [6.07, 6.45) is 1.98. The Morgan fingerprint density at radius 3 is 2.38 bits per heavy atom. The van der Waals surface area contributed by atoms with Crippen LogP contribution in [0.2, 0.25) is 0 Å². The molecule has 0 unspecified atom stereocenters. The highest BCUT2D eigenvalue weighted by Gasteiger charge is 2.21. The number of hydrogen-bond acceptors (Lipinski definition) is 3. The van der Waals surface area contributed by atoms with Gasteiger partial charge in [-0.25, -0.2) is 0 Å². The lowest BCUT2D eigenvalue weighted by Gasteiger charge is -2.22. The molecule has 0 bridgehead atoms. The van der Waals surface area contributed by atoms with Gasteiger partial charge in [-0.1, -0.05) is 51.1 Å². The van der Waals surface area contributed by atoms with E-state index in [4.69, 9.17) is 4.98 Å². The normalized spacial score (nSPS) is 12.5. The Bertz CT molecular complexity index is 1680. The quantitative estimate of drug-likeness (QED) is 0.243. The first-order valence-electron chi connectivity index (χ1n) is 11.1. The molecule has 0 radical (unpaired) electrons. The molecule has 0 aliphatic carbocycles. The predicted molar refractivity (Wildman–Crippen MR) is 144 cm³/mol. The van der Waals surface area contributed by atoms with Gasteiger partial charge in [0.05, 0.1) is 10.4 Å². The molecule has 3 heteroatoms. The Hall–Kier alpha value is -2.75. The topological polar surface area (TPSA) is 12.9 Å². The van der Waals surface area contributed by atoms with Gasteiger partial charge in [0.15, 0.2) is 0 Å². The van der Waals surface area contributed by atoms with Gasteiger partial charge in [0, 0.05) is 42.2 Å². The summed E-state index contributed by atoms with van der Waals surface area (Å²) in [5.41, 5.74) is 5.15. The molecule has 32 heavy (non-hydrogen) atoms. The molecule has 0 atom stereocenters. The number of thiophene rings is 2. The third kappa shape index (κ3) is 2.84. The van der Waals surface area contributed by atoms with E-state index >= 15 is 0 Å². The van der Waals surface area contributed by atoms with E-state index in [9.17, 15) is 0 Å². The maximum Gasteiger partial charge on any atom is 0.0880 e. The summed E-state index contributed by atoms with van der Waals surface area (Å²) in [7, 11) is 0. The van der Waals surface area contributed by atoms with Gasteiger partial charge in [-0.3, -0.25) is 4.98 Å². The van der Waals surface area contributed by atoms with Crippen molar-refractivity contribution >= 4 is 63.7 Å². The number of benzene rings is 3. The largest absolute Gasteiger partial charge is 0.255 e. The van der Waals surface area contributed by atoms with Crippen LogP contribution >= 0.6 is 22.7 Å². The monoisotopic (exact) mass is 451 g/mol. The molecule has 0 saturated carbocycles. The van der Waals surface area contributed by atoms with E-state index in [0.717, 1.165) is 5.69 Å².